The first-order chi connectivity index (χ1) is 8.79. The molecule has 106 valence electrons. The van der Waals surface area contributed by atoms with Gasteiger partial charge in [0.15, 0.2) is 0 Å². The molecule has 0 bridgehead atoms. The molecule has 0 amide bonds. The summed E-state index contributed by atoms with van der Waals surface area (Å²) in [6.07, 6.45) is 13.2. The van der Waals surface area contributed by atoms with Gasteiger partial charge in [-0.05, 0) is 12.8 Å². The zero-order valence-electron chi connectivity index (χ0n) is 12.2. The van der Waals surface area contributed by atoms with Gasteiger partial charge in [0.05, 0.1) is 0 Å². The Morgan fingerprint density at radius 3 is 1.33 bits per heavy atom. The van der Waals surface area contributed by atoms with Gasteiger partial charge in [-0.25, -0.2) is 0 Å². The van der Waals surface area contributed by atoms with E-state index in [1.807, 2.05) is 0 Å². The van der Waals surface area contributed by atoms with Crippen LogP contribution in [0, 0.1) is 11.8 Å². The van der Waals surface area contributed by atoms with E-state index in [0.29, 0.717) is 0 Å². The van der Waals surface area contributed by atoms with Crippen LogP contribution >= 0.6 is 0 Å². The van der Waals surface area contributed by atoms with Gasteiger partial charge in [-0.15, -0.1) is 0 Å². The molecule has 0 aromatic carbocycles. The van der Waals surface area contributed by atoms with Crippen molar-refractivity contribution in [3.8, 4) is 0 Å². The normalized spacial score (nSPS) is 14.1. The fourth-order valence-corrected chi connectivity index (χ4v) is 2.38. The molecule has 0 aromatic rings. The highest BCUT2D eigenvalue weighted by Crippen LogP contribution is 2.21. The van der Waals surface area contributed by atoms with E-state index in [0.717, 1.165) is 38.3 Å². The van der Waals surface area contributed by atoms with Crippen molar-refractivity contribution in [3.63, 3.8) is 0 Å². The minimum atomic E-state index is -0.0408. The Kier molecular flexibility index (Phi) is 12.3. The van der Waals surface area contributed by atoms with Crippen LogP contribution in [0.1, 0.15) is 78.1 Å². The monoisotopic (exact) mass is 254 g/mol. The summed E-state index contributed by atoms with van der Waals surface area (Å²) in [5.74, 6) is -0.0815. The molecule has 2 nitrogen and oxygen atoms in total. The van der Waals surface area contributed by atoms with Gasteiger partial charge >= 0.3 is 0 Å². The third-order valence-corrected chi connectivity index (χ3v) is 3.68. The molecule has 2 atom stereocenters. The standard InChI is InChI=1S/C16H30O2/c1-3-5-7-9-11-15(13-17)16(14-18)12-10-8-6-4-2/h13-16H,3-12H2,1-2H3. The van der Waals surface area contributed by atoms with Crippen LogP contribution in [0.25, 0.3) is 0 Å². The Morgan fingerprint density at radius 1 is 0.667 bits per heavy atom. The summed E-state index contributed by atoms with van der Waals surface area (Å²) in [5, 5.41) is 0. The van der Waals surface area contributed by atoms with E-state index in [9.17, 15) is 9.59 Å². The van der Waals surface area contributed by atoms with E-state index >= 15 is 0 Å². The molecular formula is C16H30O2. The molecule has 0 saturated carbocycles. The third-order valence-electron chi connectivity index (χ3n) is 3.68. The van der Waals surface area contributed by atoms with Gasteiger partial charge in [-0.2, -0.15) is 0 Å². The number of hydrogen-bond acceptors (Lipinski definition) is 2. The zero-order chi connectivity index (χ0) is 13.6. The lowest BCUT2D eigenvalue weighted by molar-refractivity contribution is -0.119. The van der Waals surface area contributed by atoms with E-state index in [4.69, 9.17) is 0 Å². The second-order valence-corrected chi connectivity index (χ2v) is 5.30. The number of unbranched alkanes of at least 4 members (excludes halogenated alkanes) is 6. The van der Waals surface area contributed by atoms with Gasteiger partial charge in [-0.3, -0.25) is 0 Å². The van der Waals surface area contributed by atoms with Crippen molar-refractivity contribution in [2.24, 2.45) is 11.8 Å². The number of carbonyl (C=O) groups excluding carboxylic acids is 2. The van der Waals surface area contributed by atoms with E-state index in [1.54, 1.807) is 0 Å². The quantitative estimate of drug-likeness (QED) is 0.357. The summed E-state index contributed by atoms with van der Waals surface area (Å²) < 4.78 is 0. The lowest BCUT2D eigenvalue weighted by Gasteiger charge is -2.17. The average molecular weight is 254 g/mol. The Bertz CT molecular complexity index is 179. The van der Waals surface area contributed by atoms with Crippen LogP contribution in [0.5, 0.6) is 0 Å². The second-order valence-electron chi connectivity index (χ2n) is 5.30. The first-order valence-electron chi connectivity index (χ1n) is 7.70. The molecule has 2 unspecified atom stereocenters. The molecule has 0 aliphatic heterocycles. The SMILES string of the molecule is CCCCCCC(C=O)C(C=O)CCCCCC. The lowest BCUT2D eigenvalue weighted by atomic mass is 9.86. The van der Waals surface area contributed by atoms with Crippen molar-refractivity contribution < 1.29 is 9.59 Å². The Balaban J connectivity index is 3.89. The Labute approximate surface area is 113 Å². The van der Waals surface area contributed by atoms with Crippen LogP contribution in [0.2, 0.25) is 0 Å². The minimum Gasteiger partial charge on any atom is -0.303 e. The van der Waals surface area contributed by atoms with Crippen LogP contribution in [0.4, 0.5) is 0 Å². The number of rotatable bonds is 13. The molecule has 2 heteroatoms. The van der Waals surface area contributed by atoms with Crippen LogP contribution in [-0.2, 0) is 9.59 Å². The summed E-state index contributed by atoms with van der Waals surface area (Å²) in [6.45, 7) is 4.36. The highest BCUT2D eigenvalue weighted by atomic mass is 16.1. The van der Waals surface area contributed by atoms with E-state index in [1.165, 1.54) is 38.5 Å². The second kappa shape index (κ2) is 12.8. The van der Waals surface area contributed by atoms with Crippen molar-refractivity contribution in [2.75, 3.05) is 0 Å². The Morgan fingerprint density at radius 2 is 1.06 bits per heavy atom. The Hall–Kier alpha value is -0.660. The van der Waals surface area contributed by atoms with Gasteiger partial charge in [-0.1, -0.05) is 65.2 Å². The summed E-state index contributed by atoms with van der Waals surface area (Å²) >= 11 is 0. The molecule has 0 radical (unpaired) electrons. The fourth-order valence-electron chi connectivity index (χ4n) is 2.38. The lowest BCUT2D eigenvalue weighted by Crippen LogP contribution is -2.18. The molecule has 0 aliphatic rings. The van der Waals surface area contributed by atoms with Gasteiger partial charge < -0.3 is 9.59 Å². The first kappa shape index (κ1) is 17.3. The smallest absolute Gasteiger partial charge is 0.123 e. The van der Waals surface area contributed by atoms with E-state index in [2.05, 4.69) is 13.8 Å². The van der Waals surface area contributed by atoms with Crippen LogP contribution in [0.15, 0.2) is 0 Å². The van der Waals surface area contributed by atoms with E-state index < -0.39 is 0 Å². The molecule has 0 heterocycles. The van der Waals surface area contributed by atoms with E-state index in [-0.39, 0.29) is 11.8 Å². The largest absolute Gasteiger partial charge is 0.303 e. The number of aldehydes is 2. The summed E-state index contributed by atoms with van der Waals surface area (Å²) in [4.78, 5) is 22.2. The highest BCUT2D eigenvalue weighted by Gasteiger charge is 2.19. The molecule has 0 spiro atoms. The zero-order valence-corrected chi connectivity index (χ0v) is 12.2. The maximum atomic E-state index is 11.1. The van der Waals surface area contributed by atoms with Crippen molar-refractivity contribution in [3.05, 3.63) is 0 Å². The summed E-state index contributed by atoms with van der Waals surface area (Å²) in [7, 11) is 0. The van der Waals surface area contributed by atoms with Gasteiger partial charge in [0, 0.05) is 11.8 Å². The van der Waals surface area contributed by atoms with Gasteiger partial charge in [0.1, 0.15) is 12.6 Å². The first-order valence-corrected chi connectivity index (χ1v) is 7.70. The van der Waals surface area contributed by atoms with Crippen LogP contribution in [-0.4, -0.2) is 12.6 Å². The minimum absolute atomic E-state index is 0.0408. The molecule has 0 saturated heterocycles. The maximum absolute atomic E-state index is 11.1. The maximum Gasteiger partial charge on any atom is 0.123 e. The fraction of sp³-hybridized carbons (Fsp3) is 0.875. The average Bonchev–Trinajstić information content (AvgIpc) is 2.40. The molecule has 0 aliphatic carbocycles. The topological polar surface area (TPSA) is 34.1 Å². The van der Waals surface area contributed by atoms with Gasteiger partial charge in [0.25, 0.3) is 0 Å². The van der Waals surface area contributed by atoms with Crippen molar-refractivity contribution >= 4 is 12.6 Å². The summed E-state index contributed by atoms with van der Waals surface area (Å²) in [5.41, 5.74) is 0. The van der Waals surface area contributed by atoms with Crippen LogP contribution in [0.3, 0.4) is 0 Å². The summed E-state index contributed by atoms with van der Waals surface area (Å²) in [6, 6.07) is 0. The highest BCUT2D eigenvalue weighted by molar-refractivity contribution is 5.64. The predicted octanol–water partition coefficient (Wildman–Crippen LogP) is 4.56. The van der Waals surface area contributed by atoms with Crippen molar-refractivity contribution in [1.82, 2.24) is 0 Å². The molecular weight excluding hydrogens is 224 g/mol. The number of hydrogen-bond donors (Lipinski definition) is 0. The molecule has 0 aromatic heterocycles. The molecule has 0 rings (SSSR count). The molecule has 0 fully saturated rings. The molecule has 18 heavy (non-hydrogen) atoms. The predicted molar refractivity (Wildman–Crippen MR) is 76.6 cm³/mol. The molecule has 0 N–H and O–H groups in total. The third kappa shape index (κ3) is 8.43. The van der Waals surface area contributed by atoms with Gasteiger partial charge in [0.2, 0.25) is 0 Å². The van der Waals surface area contributed by atoms with Crippen molar-refractivity contribution in [2.45, 2.75) is 78.1 Å². The van der Waals surface area contributed by atoms with Crippen LogP contribution < -0.4 is 0 Å². The van der Waals surface area contributed by atoms with Crippen molar-refractivity contribution in [1.29, 1.82) is 0 Å². The number of carbonyl (C=O) groups is 2.